The lowest BCUT2D eigenvalue weighted by Crippen LogP contribution is -2.63. The summed E-state index contributed by atoms with van der Waals surface area (Å²) in [6.45, 7) is 20.1. The monoisotopic (exact) mass is 810 g/mol. The number of aromatic nitrogens is 3. The van der Waals surface area contributed by atoms with Crippen LogP contribution in [0.1, 0.15) is 94.1 Å². The summed E-state index contributed by atoms with van der Waals surface area (Å²) in [6.07, 6.45) is 4.14. The number of likely N-dealkylation sites (tertiary alicyclic amines) is 1. The van der Waals surface area contributed by atoms with E-state index in [1.165, 1.54) is 0 Å². The average Bonchev–Trinajstić information content (AvgIpc) is 3.98. The summed E-state index contributed by atoms with van der Waals surface area (Å²) < 4.78 is 11.7. The molecule has 2 aliphatic heterocycles. The Kier molecular flexibility index (Phi) is 12.3. The van der Waals surface area contributed by atoms with Gasteiger partial charge in [0, 0.05) is 64.1 Å². The Morgan fingerprint density at radius 1 is 0.983 bits per heavy atom. The molecule has 1 saturated carbocycles. The molecule has 3 aliphatic rings. The van der Waals surface area contributed by atoms with E-state index in [4.69, 9.17) is 9.26 Å². The summed E-state index contributed by atoms with van der Waals surface area (Å²) in [6, 6.07) is 13.3. The van der Waals surface area contributed by atoms with Crippen LogP contribution in [0.15, 0.2) is 58.7 Å². The van der Waals surface area contributed by atoms with Gasteiger partial charge in [-0.1, -0.05) is 65.8 Å². The molecule has 2 N–H and O–H groups in total. The number of pyridine rings is 1. The second-order valence-electron chi connectivity index (χ2n) is 17.8. The van der Waals surface area contributed by atoms with Crippen molar-refractivity contribution in [2.45, 2.75) is 92.3 Å². The number of amides is 3. The van der Waals surface area contributed by atoms with Gasteiger partial charge in [-0.25, -0.2) is 9.97 Å². The van der Waals surface area contributed by atoms with Gasteiger partial charge >= 0.3 is 0 Å². The Labute approximate surface area is 345 Å². The van der Waals surface area contributed by atoms with Crippen LogP contribution in [0, 0.1) is 23.7 Å². The molecule has 2 saturated heterocycles. The zero-order valence-corrected chi connectivity index (χ0v) is 35.7. The molecule has 310 valence electrons. The van der Waals surface area contributed by atoms with Gasteiger partial charge in [-0.05, 0) is 71.4 Å². The summed E-state index contributed by atoms with van der Waals surface area (Å²) in [5, 5.41) is 10.5. The van der Waals surface area contributed by atoms with Crippen molar-refractivity contribution in [1.29, 1.82) is 0 Å². The first kappa shape index (κ1) is 41.3. The van der Waals surface area contributed by atoms with Crippen molar-refractivity contribution >= 4 is 34.9 Å². The standard InChI is InChI=1S/C44H58N8O5S/c1-28(2)37(41(55)52-16-8-9-33(52)40(54)46-24-30-10-12-31(13-11-30)38-29(3)47-27-58-38)34-23-36(49-57-34)56-22-21-50-17-19-51(20-18-50)35-15-14-32(25-45-35)39(53)48-42-43(4,5)26-44(42,6)7/h10-15,23,25,27-28,33,37,42H,8-9,16-22,24,26H2,1-7H3,(H,46,54)(H,48,53)/t33-,37+/m0/s1. The first-order valence-electron chi connectivity index (χ1n) is 20.6. The predicted molar refractivity (Wildman–Crippen MR) is 225 cm³/mol. The summed E-state index contributed by atoms with van der Waals surface area (Å²) in [4.78, 5) is 56.9. The van der Waals surface area contributed by atoms with E-state index in [1.54, 1.807) is 28.5 Å². The van der Waals surface area contributed by atoms with Gasteiger partial charge in [0.1, 0.15) is 24.4 Å². The normalized spacial score (nSPS) is 19.8. The number of nitrogens with one attached hydrogen (secondary N) is 2. The van der Waals surface area contributed by atoms with Crippen LogP contribution in [0.3, 0.4) is 0 Å². The number of ether oxygens (including phenoxy) is 1. The van der Waals surface area contributed by atoms with E-state index >= 15 is 0 Å². The van der Waals surface area contributed by atoms with Crippen molar-refractivity contribution in [3.8, 4) is 16.3 Å². The van der Waals surface area contributed by atoms with Crippen LogP contribution in [-0.2, 0) is 16.1 Å². The molecule has 0 bridgehead atoms. The Morgan fingerprint density at radius 2 is 1.72 bits per heavy atom. The third-order valence-corrected chi connectivity index (χ3v) is 13.1. The number of piperazine rings is 1. The summed E-state index contributed by atoms with van der Waals surface area (Å²) in [7, 11) is 0. The van der Waals surface area contributed by atoms with Gasteiger partial charge in [0.05, 0.1) is 21.6 Å². The molecule has 5 heterocycles. The number of benzene rings is 1. The molecular formula is C44H58N8O5S. The van der Waals surface area contributed by atoms with Crippen LogP contribution in [0.2, 0.25) is 0 Å². The maximum atomic E-state index is 14.0. The fourth-order valence-electron chi connectivity index (χ4n) is 9.46. The second-order valence-corrected chi connectivity index (χ2v) is 18.7. The largest absolute Gasteiger partial charge is 0.474 e. The van der Waals surface area contributed by atoms with Crippen molar-refractivity contribution in [1.82, 2.24) is 35.6 Å². The SMILES string of the molecule is Cc1ncsc1-c1ccc(CNC(=O)[C@@H]2CCCN2C(=O)[C@@H](c2cc(OCCN3CCN(c4ccc(C(=O)NC5C(C)(C)CC5(C)C)cn4)CC3)no2)C(C)C)cc1. The molecule has 14 heteroatoms. The lowest BCUT2D eigenvalue weighted by molar-refractivity contribution is -0.140. The van der Waals surface area contributed by atoms with Gasteiger partial charge in [-0.2, -0.15) is 0 Å². The van der Waals surface area contributed by atoms with Crippen LogP contribution in [0.4, 0.5) is 5.82 Å². The third-order valence-electron chi connectivity index (χ3n) is 12.1. The number of carbonyl (C=O) groups is 3. The molecular weight excluding hydrogens is 753 g/mol. The van der Waals surface area contributed by atoms with Crippen molar-refractivity contribution in [2.24, 2.45) is 16.7 Å². The number of hydrogen-bond donors (Lipinski definition) is 2. The Hall–Kier alpha value is -4.82. The second kappa shape index (κ2) is 17.2. The lowest BCUT2D eigenvalue weighted by atomic mass is 9.52. The molecule has 0 radical (unpaired) electrons. The van der Waals surface area contributed by atoms with E-state index in [9.17, 15) is 14.4 Å². The van der Waals surface area contributed by atoms with Crippen LogP contribution in [-0.4, -0.2) is 101 Å². The van der Waals surface area contributed by atoms with E-state index in [1.807, 2.05) is 50.5 Å². The molecule has 0 spiro atoms. The number of nitrogens with zero attached hydrogens (tertiary/aromatic N) is 6. The zero-order chi connectivity index (χ0) is 41.2. The molecule has 2 atom stereocenters. The van der Waals surface area contributed by atoms with E-state index in [2.05, 4.69) is 75.4 Å². The Morgan fingerprint density at radius 3 is 2.36 bits per heavy atom. The van der Waals surface area contributed by atoms with Crippen LogP contribution < -0.4 is 20.3 Å². The number of anilines is 1. The Balaban J connectivity index is 0.854. The minimum Gasteiger partial charge on any atom is -0.474 e. The Bertz CT molecular complexity index is 2040. The molecule has 4 aromatic rings. The van der Waals surface area contributed by atoms with E-state index < -0.39 is 12.0 Å². The maximum Gasteiger partial charge on any atom is 0.254 e. The highest BCUT2D eigenvalue weighted by atomic mass is 32.1. The smallest absolute Gasteiger partial charge is 0.254 e. The van der Waals surface area contributed by atoms with Crippen LogP contribution >= 0.6 is 11.3 Å². The molecule has 3 fully saturated rings. The summed E-state index contributed by atoms with van der Waals surface area (Å²) in [5.74, 6) is 0.632. The molecule has 3 aromatic heterocycles. The van der Waals surface area contributed by atoms with Crippen molar-refractivity contribution in [3.05, 3.63) is 76.8 Å². The summed E-state index contributed by atoms with van der Waals surface area (Å²) >= 11 is 1.61. The van der Waals surface area contributed by atoms with Gasteiger partial charge in [0.25, 0.3) is 11.8 Å². The minimum atomic E-state index is -0.590. The van der Waals surface area contributed by atoms with Gasteiger partial charge in [-0.15, -0.1) is 11.3 Å². The fourth-order valence-corrected chi connectivity index (χ4v) is 10.3. The first-order chi connectivity index (χ1) is 27.7. The highest BCUT2D eigenvalue weighted by molar-refractivity contribution is 7.13. The van der Waals surface area contributed by atoms with E-state index in [-0.39, 0.29) is 40.5 Å². The topological polar surface area (TPSA) is 146 Å². The summed E-state index contributed by atoms with van der Waals surface area (Å²) in [5.41, 5.74) is 5.71. The highest BCUT2D eigenvalue weighted by Crippen LogP contribution is 2.53. The van der Waals surface area contributed by atoms with Gasteiger partial charge < -0.3 is 29.7 Å². The number of thiazole rings is 1. The van der Waals surface area contributed by atoms with E-state index in [0.717, 1.165) is 66.5 Å². The fraction of sp³-hybridized carbons (Fsp3) is 0.545. The van der Waals surface area contributed by atoms with Gasteiger partial charge in [0.15, 0.2) is 5.76 Å². The molecule has 1 aliphatic carbocycles. The van der Waals surface area contributed by atoms with Crippen molar-refractivity contribution < 1.29 is 23.6 Å². The molecule has 58 heavy (non-hydrogen) atoms. The number of carbonyl (C=O) groups excluding carboxylic acids is 3. The molecule has 13 nitrogen and oxygen atoms in total. The van der Waals surface area contributed by atoms with Gasteiger partial charge in [0.2, 0.25) is 11.8 Å². The van der Waals surface area contributed by atoms with E-state index in [0.29, 0.717) is 49.9 Å². The average molecular weight is 811 g/mol. The lowest BCUT2D eigenvalue weighted by Gasteiger charge is -2.57. The van der Waals surface area contributed by atoms with Crippen LogP contribution in [0.25, 0.3) is 10.4 Å². The first-order valence-corrected chi connectivity index (χ1v) is 21.5. The predicted octanol–water partition coefficient (Wildman–Crippen LogP) is 6.30. The zero-order valence-electron chi connectivity index (χ0n) is 34.9. The molecule has 1 aromatic carbocycles. The highest BCUT2D eigenvalue weighted by Gasteiger charge is 2.53. The third kappa shape index (κ3) is 9.07. The van der Waals surface area contributed by atoms with Gasteiger partial charge in [-0.3, -0.25) is 19.3 Å². The number of aryl methyl sites for hydroxylation is 1. The van der Waals surface area contributed by atoms with Crippen molar-refractivity contribution in [3.63, 3.8) is 0 Å². The van der Waals surface area contributed by atoms with Crippen molar-refractivity contribution in [2.75, 3.05) is 50.8 Å². The molecule has 0 unspecified atom stereocenters. The quantitative estimate of drug-likeness (QED) is 0.149. The minimum absolute atomic E-state index is 0.0718. The molecule has 3 amide bonds. The number of hydrogen-bond acceptors (Lipinski definition) is 11. The molecule has 7 rings (SSSR count). The number of rotatable bonds is 14. The van der Waals surface area contributed by atoms with Crippen LogP contribution in [0.5, 0.6) is 5.88 Å². The maximum absolute atomic E-state index is 14.0.